The molecule has 0 atom stereocenters. The lowest BCUT2D eigenvalue weighted by Crippen LogP contribution is -2.16. The van der Waals surface area contributed by atoms with E-state index in [2.05, 4.69) is 9.97 Å². The largest absolute Gasteiger partial charge is 0.476 e. The maximum absolute atomic E-state index is 12.8. The Kier molecular flexibility index (Phi) is 3.18. The Morgan fingerprint density at radius 3 is 2.44 bits per heavy atom. The molecule has 2 rings (SSSR count). The van der Waals surface area contributed by atoms with Crippen LogP contribution in [0.4, 0.5) is 15.9 Å². The number of carbonyl (C=O) groups is 1. The van der Waals surface area contributed by atoms with Crippen molar-refractivity contribution in [1.29, 1.82) is 0 Å². The van der Waals surface area contributed by atoms with Gasteiger partial charge in [0.25, 0.3) is 0 Å². The second kappa shape index (κ2) is 4.79. The van der Waals surface area contributed by atoms with Crippen molar-refractivity contribution in [3.63, 3.8) is 0 Å². The summed E-state index contributed by atoms with van der Waals surface area (Å²) in [6.45, 7) is 0. The van der Waals surface area contributed by atoms with Crippen LogP contribution in [0, 0.1) is 5.82 Å². The predicted molar refractivity (Wildman–Crippen MR) is 63.5 cm³/mol. The van der Waals surface area contributed by atoms with Gasteiger partial charge in [0, 0.05) is 25.1 Å². The lowest BCUT2D eigenvalue weighted by molar-refractivity contribution is 0.0691. The van der Waals surface area contributed by atoms with Gasteiger partial charge in [0.15, 0.2) is 11.5 Å². The summed E-state index contributed by atoms with van der Waals surface area (Å²) in [5.74, 6) is -1.31. The van der Waals surface area contributed by atoms with Crippen molar-refractivity contribution in [3.05, 3.63) is 48.2 Å². The average Bonchev–Trinajstić information content (AvgIpc) is 2.39. The van der Waals surface area contributed by atoms with E-state index >= 15 is 0 Å². The lowest BCUT2D eigenvalue weighted by atomic mass is 10.2. The molecule has 0 saturated heterocycles. The van der Waals surface area contributed by atoms with Crippen molar-refractivity contribution in [2.75, 3.05) is 11.9 Å². The van der Waals surface area contributed by atoms with E-state index in [9.17, 15) is 9.18 Å². The fraction of sp³-hybridized carbons (Fsp3) is 0.0833. The van der Waals surface area contributed by atoms with Gasteiger partial charge >= 0.3 is 5.97 Å². The fourth-order valence-corrected chi connectivity index (χ4v) is 1.51. The SMILES string of the molecule is CN(c1ccc(F)cc1)c1nccnc1C(=O)O. The molecule has 0 aliphatic rings. The van der Waals surface area contributed by atoms with Crippen molar-refractivity contribution < 1.29 is 14.3 Å². The van der Waals surface area contributed by atoms with Gasteiger partial charge in [-0.2, -0.15) is 0 Å². The number of aromatic carboxylic acids is 1. The van der Waals surface area contributed by atoms with Crippen molar-refractivity contribution in [3.8, 4) is 0 Å². The van der Waals surface area contributed by atoms with E-state index in [-0.39, 0.29) is 17.3 Å². The minimum Gasteiger partial charge on any atom is -0.476 e. The smallest absolute Gasteiger partial charge is 0.358 e. The van der Waals surface area contributed by atoms with Crippen molar-refractivity contribution in [2.24, 2.45) is 0 Å². The molecular formula is C12H10FN3O2. The molecule has 1 aromatic heterocycles. The van der Waals surface area contributed by atoms with Crippen LogP contribution in [0.3, 0.4) is 0 Å². The number of carboxylic acid groups (broad SMARTS) is 1. The summed E-state index contributed by atoms with van der Waals surface area (Å²) in [6, 6.07) is 5.66. The summed E-state index contributed by atoms with van der Waals surface area (Å²) < 4.78 is 12.8. The van der Waals surface area contributed by atoms with Crippen LogP contribution in [0.2, 0.25) is 0 Å². The number of anilines is 2. The Morgan fingerprint density at radius 1 is 1.22 bits per heavy atom. The first-order chi connectivity index (χ1) is 8.59. The molecule has 1 N–H and O–H groups in total. The van der Waals surface area contributed by atoms with Crippen LogP contribution >= 0.6 is 0 Å². The zero-order chi connectivity index (χ0) is 13.1. The van der Waals surface area contributed by atoms with Gasteiger partial charge in [0.05, 0.1) is 0 Å². The molecule has 0 aliphatic carbocycles. The summed E-state index contributed by atoms with van der Waals surface area (Å²) in [5.41, 5.74) is 0.476. The van der Waals surface area contributed by atoms with E-state index < -0.39 is 5.97 Å². The Bertz CT molecular complexity index is 572. The number of carboxylic acids is 1. The molecule has 92 valence electrons. The third-order valence-corrected chi connectivity index (χ3v) is 2.41. The Morgan fingerprint density at radius 2 is 1.83 bits per heavy atom. The van der Waals surface area contributed by atoms with E-state index in [0.29, 0.717) is 5.69 Å². The Balaban J connectivity index is 2.42. The third kappa shape index (κ3) is 2.27. The zero-order valence-corrected chi connectivity index (χ0v) is 9.54. The highest BCUT2D eigenvalue weighted by Gasteiger charge is 2.17. The molecule has 0 spiro atoms. The second-order valence-electron chi connectivity index (χ2n) is 3.57. The van der Waals surface area contributed by atoms with Gasteiger partial charge in [-0.15, -0.1) is 0 Å². The number of hydrogen-bond donors (Lipinski definition) is 1. The monoisotopic (exact) mass is 247 g/mol. The molecule has 0 fully saturated rings. The molecule has 1 heterocycles. The molecule has 0 unspecified atom stereocenters. The van der Waals surface area contributed by atoms with Gasteiger partial charge in [0.2, 0.25) is 0 Å². The van der Waals surface area contributed by atoms with Crippen LogP contribution in [0.1, 0.15) is 10.5 Å². The number of benzene rings is 1. The van der Waals surface area contributed by atoms with E-state index in [1.54, 1.807) is 7.05 Å². The highest BCUT2D eigenvalue weighted by atomic mass is 19.1. The predicted octanol–water partition coefficient (Wildman–Crippen LogP) is 2.08. The van der Waals surface area contributed by atoms with Crippen LogP contribution in [0.5, 0.6) is 0 Å². The minimum atomic E-state index is -1.16. The third-order valence-electron chi connectivity index (χ3n) is 2.41. The number of rotatable bonds is 3. The van der Waals surface area contributed by atoms with Gasteiger partial charge in [0.1, 0.15) is 5.82 Å². The first-order valence-electron chi connectivity index (χ1n) is 5.13. The van der Waals surface area contributed by atoms with Gasteiger partial charge < -0.3 is 10.0 Å². The number of hydrogen-bond acceptors (Lipinski definition) is 4. The average molecular weight is 247 g/mol. The number of nitrogens with zero attached hydrogens (tertiary/aromatic N) is 3. The van der Waals surface area contributed by atoms with E-state index in [1.165, 1.54) is 41.6 Å². The van der Waals surface area contributed by atoms with Crippen LogP contribution < -0.4 is 4.90 Å². The Labute approximate surface area is 103 Å². The first kappa shape index (κ1) is 12.0. The second-order valence-corrected chi connectivity index (χ2v) is 3.57. The van der Waals surface area contributed by atoms with Crippen molar-refractivity contribution >= 4 is 17.5 Å². The molecule has 5 nitrogen and oxygen atoms in total. The number of halogens is 1. The molecule has 0 saturated carbocycles. The number of aromatic nitrogens is 2. The molecule has 0 aliphatic heterocycles. The maximum Gasteiger partial charge on any atom is 0.358 e. The van der Waals surface area contributed by atoms with E-state index in [0.717, 1.165) is 0 Å². The summed E-state index contributed by atoms with van der Waals surface area (Å²) in [6.07, 6.45) is 2.72. The van der Waals surface area contributed by atoms with Crippen LogP contribution in [-0.4, -0.2) is 28.1 Å². The quantitative estimate of drug-likeness (QED) is 0.899. The lowest BCUT2D eigenvalue weighted by Gasteiger charge is -2.19. The van der Waals surface area contributed by atoms with Gasteiger partial charge in [-0.1, -0.05) is 0 Å². The summed E-state index contributed by atoms with van der Waals surface area (Å²) in [5, 5.41) is 9.02. The van der Waals surface area contributed by atoms with Crippen LogP contribution in [-0.2, 0) is 0 Å². The first-order valence-corrected chi connectivity index (χ1v) is 5.13. The zero-order valence-electron chi connectivity index (χ0n) is 9.54. The molecule has 1 aromatic carbocycles. The maximum atomic E-state index is 12.8. The molecule has 6 heteroatoms. The highest BCUT2D eigenvalue weighted by Crippen LogP contribution is 2.23. The summed E-state index contributed by atoms with van der Waals surface area (Å²) in [4.78, 5) is 20.3. The molecule has 0 amide bonds. The van der Waals surface area contributed by atoms with Crippen LogP contribution in [0.25, 0.3) is 0 Å². The van der Waals surface area contributed by atoms with Crippen molar-refractivity contribution in [1.82, 2.24) is 9.97 Å². The Hall–Kier alpha value is -2.50. The molecule has 18 heavy (non-hydrogen) atoms. The van der Waals surface area contributed by atoms with Crippen molar-refractivity contribution in [2.45, 2.75) is 0 Å². The summed E-state index contributed by atoms with van der Waals surface area (Å²) >= 11 is 0. The topological polar surface area (TPSA) is 66.3 Å². The van der Waals surface area contributed by atoms with Gasteiger partial charge in [-0.25, -0.2) is 19.2 Å². The van der Waals surface area contributed by atoms with Gasteiger partial charge in [-0.3, -0.25) is 0 Å². The van der Waals surface area contributed by atoms with E-state index in [1.807, 2.05) is 0 Å². The molecule has 2 aromatic rings. The highest BCUT2D eigenvalue weighted by molar-refractivity contribution is 5.91. The standard InChI is InChI=1S/C12H10FN3O2/c1-16(9-4-2-8(13)3-5-9)11-10(12(17)18)14-6-7-15-11/h2-7H,1H3,(H,17,18). The van der Waals surface area contributed by atoms with E-state index in [4.69, 9.17) is 5.11 Å². The summed E-state index contributed by atoms with van der Waals surface area (Å²) in [7, 11) is 1.64. The molecule has 0 bridgehead atoms. The molecule has 0 radical (unpaired) electrons. The van der Waals surface area contributed by atoms with Gasteiger partial charge in [-0.05, 0) is 24.3 Å². The fourth-order valence-electron chi connectivity index (χ4n) is 1.51. The normalized spacial score (nSPS) is 10.1. The minimum absolute atomic E-state index is 0.149. The van der Waals surface area contributed by atoms with Crippen LogP contribution in [0.15, 0.2) is 36.7 Å². The molecular weight excluding hydrogens is 237 g/mol.